The standard InChI is InChI=1S/C26H35N5O2/c1-4-32-22-14-19(15-23(33-5-2)25(22)31-10-6-7-11-31)17-30-12-8-20(9-13-30)24-18(3)26(28)29-16-21(24)27/h6-7,10-11,14-16,20H,4-5,8-9,12-13,17,27H2,1-3H3,(H2,28,29). The van der Waals surface area contributed by atoms with Gasteiger partial charge >= 0.3 is 0 Å². The summed E-state index contributed by atoms with van der Waals surface area (Å²) in [6.07, 6.45) is 7.83. The van der Waals surface area contributed by atoms with Gasteiger partial charge in [-0.15, -0.1) is 0 Å². The molecule has 3 heterocycles. The number of benzene rings is 1. The number of ether oxygens (including phenoxy) is 2. The summed E-state index contributed by atoms with van der Waals surface area (Å²) in [4.78, 5) is 6.68. The van der Waals surface area contributed by atoms with Gasteiger partial charge in [0.05, 0.1) is 25.1 Å². The van der Waals surface area contributed by atoms with Crippen molar-refractivity contribution >= 4 is 11.5 Å². The van der Waals surface area contributed by atoms with Crippen LogP contribution in [0.15, 0.2) is 42.9 Å². The summed E-state index contributed by atoms with van der Waals surface area (Å²) in [5.41, 5.74) is 17.4. The number of hydrogen-bond donors (Lipinski definition) is 2. The molecule has 2 aromatic heterocycles. The highest BCUT2D eigenvalue weighted by Crippen LogP contribution is 2.38. The van der Waals surface area contributed by atoms with Gasteiger partial charge < -0.3 is 25.5 Å². The molecule has 0 amide bonds. The summed E-state index contributed by atoms with van der Waals surface area (Å²) in [5, 5.41) is 0. The third-order valence-electron chi connectivity index (χ3n) is 6.41. The molecule has 1 aliphatic rings. The lowest BCUT2D eigenvalue weighted by Crippen LogP contribution is -2.33. The second-order valence-electron chi connectivity index (χ2n) is 8.58. The van der Waals surface area contributed by atoms with Crippen molar-refractivity contribution in [3.8, 4) is 17.2 Å². The van der Waals surface area contributed by atoms with Gasteiger partial charge in [-0.1, -0.05) is 0 Å². The average Bonchev–Trinajstić information content (AvgIpc) is 3.33. The Balaban J connectivity index is 1.52. The molecule has 176 valence electrons. The molecule has 1 saturated heterocycles. The van der Waals surface area contributed by atoms with E-state index in [9.17, 15) is 0 Å². The molecule has 4 N–H and O–H groups in total. The van der Waals surface area contributed by atoms with E-state index in [0.717, 1.165) is 60.9 Å². The maximum atomic E-state index is 6.26. The van der Waals surface area contributed by atoms with Crippen LogP contribution in [0.25, 0.3) is 5.69 Å². The Hall–Kier alpha value is -3.19. The van der Waals surface area contributed by atoms with Crippen molar-refractivity contribution in [2.75, 3.05) is 37.8 Å². The Morgan fingerprint density at radius 1 is 1.00 bits per heavy atom. The number of likely N-dealkylation sites (tertiary alicyclic amines) is 1. The fourth-order valence-electron chi connectivity index (χ4n) is 4.84. The molecule has 1 aromatic carbocycles. The highest BCUT2D eigenvalue weighted by Gasteiger charge is 2.25. The van der Waals surface area contributed by atoms with Gasteiger partial charge in [-0.2, -0.15) is 0 Å². The van der Waals surface area contributed by atoms with Crippen LogP contribution in [0, 0.1) is 6.92 Å². The lowest BCUT2D eigenvalue weighted by atomic mass is 9.86. The number of aromatic nitrogens is 2. The van der Waals surface area contributed by atoms with Gasteiger partial charge in [0.15, 0.2) is 0 Å². The lowest BCUT2D eigenvalue weighted by Gasteiger charge is -2.33. The van der Waals surface area contributed by atoms with Gasteiger partial charge in [0.1, 0.15) is 23.0 Å². The third-order valence-corrected chi connectivity index (χ3v) is 6.41. The molecular weight excluding hydrogens is 414 g/mol. The zero-order valence-corrected chi connectivity index (χ0v) is 19.9. The smallest absolute Gasteiger partial charge is 0.147 e. The van der Waals surface area contributed by atoms with Crippen molar-refractivity contribution in [1.82, 2.24) is 14.5 Å². The first kappa shape index (κ1) is 23.0. The number of nitrogens with zero attached hydrogens (tertiary/aromatic N) is 3. The third kappa shape index (κ3) is 4.93. The van der Waals surface area contributed by atoms with Crippen molar-refractivity contribution < 1.29 is 9.47 Å². The largest absolute Gasteiger partial charge is 0.492 e. The number of pyridine rings is 1. The number of anilines is 2. The van der Waals surface area contributed by atoms with Crippen LogP contribution in [-0.4, -0.2) is 40.8 Å². The first-order valence-corrected chi connectivity index (χ1v) is 11.8. The number of rotatable bonds is 8. The molecule has 3 aromatic rings. The Kier molecular flexibility index (Phi) is 7.08. The quantitative estimate of drug-likeness (QED) is 0.525. The normalized spacial score (nSPS) is 15.0. The Morgan fingerprint density at radius 3 is 2.18 bits per heavy atom. The Morgan fingerprint density at radius 2 is 1.61 bits per heavy atom. The van der Waals surface area contributed by atoms with Crippen molar-refractivity contribution in [3.63, 3.8) is 0 Å². The molecule has 0 unspecified atom stereocenters. The summed E-state index contributed by atoms with van der Waals surface area (Å²) >= 11 is 0. The Labute approximate surface area is 196 Å². The number of nitrogen functional groups attached to an aromatic ring is 2. The van der Waals surface area contributed by atoms with Crippen molar-refractivity contribution in [1.29, 1.82) is 0 Å². The molecule has 1 aliphatic heterocycles. The molecule has 0 aliphatic carbocycles. The van der Waals surface area contributed by atoms with Crippen LogP contribution >= 0.6 is 0 Å². The van der Waals surface area contributed by atoms with E-state index < -0.39 is 0 Å². The van der Waals surface area contributed by atoms with E-state index in [2.05, 4.69) is 26.6 Å². The van der Waals surface area contributed by atoms with E-state index >= 15 is 0 Å². The molecule has 0 saturated carbocycles. The van der Waals surface area contributed by atoms with Gasteiger partial charge in [0, 0.05) is 18.9 Å². The molecule has 0 bridgehead atoms. The number of hydrogen-bond acceptors (Lipinski definition) is 6. The highest BCUT2D eigenvalue weighted by molar-refractivity contribution is 5.60. The molecule has 0 spiro atoms. The minimum Gasteiger partial charge on any atom is -0.492 e. The van der Waals surface area contributed by atoms with Crippen molar-refractivity contribution in [2.24, 2.45) is 0 Å². The number of piperidine rings is 1. The predicted octanol–water partition coefficient (Wildman–Crippen LogP) is 4.52. The second-order valence-corrected chi connectivity index (χ2v) is 8.58. The van der Waals surface area contributed by atoms with Crippen LogP contribution in [0.4, 0.5) is 11.5 Å². The lowest BCUT2D eigenvalue weighted by molar-refractivity contribution is 0.204. The van der Waals surface area contributed by atoms with E-state index in [1.54, 1.807) is 6.20 Å². The van der Waals surface area contributed by atoms with E-state index in [0.29, 0.717) is 24.9 Å². The summed E-state index contributed by atoms with van der Waals surface area (Å²) in [7, 11) is 0. The SMILES string of the molecule is CCOc1cc(CN2CCC(c3c(N)cnc(N)c3C)CC2)cc(OCC)c1-n1cccc1. The van der Waals surface area contributed by atoms with Crippen LogP contribution in [0.1, 0.15) is 49.3 Å². The molecule has 0 radical (unpaired) electrons. The summed E-state index contributed by atoms with van der Waals surface area (Å²) in [5.74, 6) is 2.69. The zero-order valence-electron chi connectivity index (χ0n) is 19.9. The maximum absolute atomic E-state index is 6.26. The van der Waals surface area contributed by atoms with E-state index in [1.165, 1.54) is 11.1 Å². The second kappa shape index (κ2) is 10.2. The van der Waals surface area contributed by atoms with Gasteiger partial charge in [0.2, 0.25) is 0 Å². The molecule has 0 atom stereocenters. The fraction of sp³-hybridized carbons (Fsp3) is 0.423. The molecule has 4 rings (SSSR count). The first-order chi connectivity index (χ1) is 16.0. The molecular formula is C26H35N5O2. The van der Waals surface area contributed by atoms with Crippen molar-refractivity contribution in [2.45, 2.75) is 46.1 Å². The molecule has 33 heavy (non-hydrogen) atoms. The summed E-state index contributed by atoms with van der Waals surface area (Å²) in [6.45, 7) is 10.1. The van der Waals surface area contributed by atoms with E-state index in [-0.39, 0.29) is 0 Å². The first-order valence-electron chi connectivity index (χ1n) is 11.8. The molecule has 7 heteroatoms. The minimum absolute atomic E-state index is 0.417. The van der Waals surface area contributed by atoms with Crippen LogP contribution < -0.4 is 20.9 Å². The van der Waals surface area contributed by atoms with Crippen LogP contribution in [0.5, 0.6) is 11.5 Å². The summed E-state index contributed by atoms with van der Waals surface area (Å²) in [6, 6.07) is 8.32. The zero-order chi connectivity index (χ0) is 23.4. The van der Waals surface area contributed by atoms with Crippen molar-refractivity contribution in [3.05, 3.63) is 59.5 Å². The Bertz CT molecular complexity index is 1050. The fourth-order valence-corrected chi connectivity index (χ4v) is 4.84. The minimum atomic E-state index is 0.417. The molecule has 1 fully saturated rings. The molecule has 7 nitrogen and oxygen atoms in total. The highest BCUT2D eigenvalue weighted by atomic mass is 16.5. The van der Waals surface area contributed by atoms with Crippen LogP contribution in [-0.2, 0) is 6.54 Å². The van der Waals surface area contributed by atoms with E-state index in [4.69, 9.17) is 20.9 Å². The summed E-state index contributed by atoms with van der Waals surface area (Å²) < 4.78 is 14.1. The maximum Gasteiger partial charge on any atom is 0.147 e. The van der Waals surface area contributed by atoms with E-state index in [1.807, 2.05) is 45.3 Å². The average molecular weight is 450 g/mol. The van der Waals surface area contributed by atoms with Crippen LogP contribution in [0.2, 0.25) is 0 Å². The van der Waals surface area contributed by atoms with Gasteiger partial charge in [-0.3, -0.25) is 4.90 Å². The monoisotopic (exact) mass is 449 g/mol. The van der Waals surface area contributed by atoms with Gasteiger partial charge in [0.25, 0.3) is 0 Å². The van der Waals surface area contributed by atoms with Gasteiger partial charge in [-0.05, 0) is 93.6 Å². The topological polar surface area (TPSA) is 91.6 Å². The van der Waals surface area contributed by atoms with Crippen LogP contribution in [0.3, 0.4) is 0 Å². The van der Waals surface area contributed by atoms with Gasteiger partial charge in [-0.25, -0.2) is 4.98 Å². The predicted molar refractivity (Wildman–Crippen MR) is 133 cm³/mol. The number of nitrogens with two attached hydrogens (primary N) is 2.